The lowest BCUT2D eigenvalue weighted by atomic mass is 10.3. The second-order valence-corrected chi connectivity index (χ2v) is 3.93. The van der Waals surface area contributed by atoms with E-state index in [4.69, 9.17) is 9.78 Å². The summed E-state index contributed by atoms with van der Waals surface area (Å²) in [7, 11) is 0. The average Bonchev–Trinajstić information content (AvgIpc) is 3.09. The van der Waals surface area contributed by atoms with Crippen molar-refractivity contribution in [2.24, 2.45) is 0 Å². The van der Waals surface area contributed by atoms with Gasteiger partial charge in [0.05, 0.1) is 11.1 Å². The van der Waals surface area contributed by atoms with E-state index in [9.17, 15) is 0 Å². The smallest absolute Gasteiger partial charge is 0.259 e. The standard InChI is InChI=1S/C10H5N5OS/c11-2-7-1-6(3-12-7)10-14-9(15-16-10)8-4-17-5-13-8/h1,3-5,12H. The third kappa shape index (κ3) is 1.70. The molecule has 0 bridgehead atoms. The highest BCUT2D eigenvalue weighted by atomic mass is 32.1. The Balaban J connectivity index is 1.98. The number of thiazole rings is 1. The van der Waals surface area contributed by atoms with Gasteiger partial charge >= 0.3 is 0 Å². The van der Waals surface area contributed by atoms with Crippen molar-refractivity contribution < 1.29 is 4.52 Å². The SMILES string of the molecule is N#Cc1cc(-c2nc(-c3cscn3)no2)c[nH]1. The van der Waals surface area contributed by atoms with Crippen molar-refractivity contribution in [3.05, 3.63) is 28.8 Å². The minimum atomic E-state index is 0.366. The van der Waals surface area contributed by atoms with E-state index >= 15 is 0 Å². The molecule has 0 saturated heterocycles. The van der Waals surface area contributed by atoms with E-state index in [0.717, 1.165) is 0 Å². The summed E-state index contributed by atoms with van der Waals surface area (Å²) in [5.74, 6) is 0.812. The van der Waals surface area contributed by atoms with Gasteiger partial charge in [-0.2, -0.15) is 10.2 Å². The number of nitrogens with one attached hydrogen (secondary N) is 1. The summed E-state index contributed by atoms with van der Waals surface area (Å²) in [6.45, 7) is 0. The molecule has 0 unspecified atom stereocenters. The lowest BCUT2D eigenvalue weighted by Gasteiger charge is -1.83. The first-order valence-electron chi connectivity index (χ1n) is 4.68. The summed E-state index contributed by atoms with van der Waals surface area (Å²) in [6.07, 6.45) is 1.65. The molecular weight excluding hydrogens is 238 g/mol. The second kappa shape index (κ2) is 3.84. The monoisotopic (exact) mass is 243 g/mol. The van der Waals surface area contributed by atoms with Crippen molar-refractivity contribution in [2.45, 2.75) is 0 Å². The molecule has 3 aromatic rings. The van der Waals surface area contributed by atoms with Crippen molar-refractivity contribution in [2.75, 3.05) is 0 Å². The van der Waals surface area contributed by atoms with Gasteiger partial charge in [-0.15, -0.1) is 11.3 Å². The molecule has 0 fully saturated rings. The minimum Gasteiger partial charge on any atom is -0.352 e. The minimum absolute atomic E-state index is 0.366. The molecule has 6 nitrogen and oxygen atoms in total. The van der Waals surface area contributed by atoms with Crippen LogP contribution in [0.1, 0.15) is 5.69 Å². The van der Waals surface area contributed by atoms with E-state index in [0.29, 0.717) is 28.7 Å². The highest BCUT2D eigenvalue weighted by molar-refractivity contribution is 7.07. The molecule has 0 saturated carbocycles. The first-order chi connectivity index (χ1) is 8.36. The molecule has 3 heterocycles. The van der Waals surface area contributed by atoms with Gasteiger partial charge in [-0.3, -0.25) is 0 Å². The summed E-state index contributed by atoms with van der Waals surface area (Å²) in [4.78, 5) is 11.1. The molecule has 0 amide bonds. The van der Waals surface area contributed by atoms with Crippen LogP contribution in [0.5, 0.6) is 0 Å². The van der Waals surface area contributed by atoms with E-state index in [1.54, 1.807) is 17.8 Å². The Morgan fingerprint density at radius 3 is 3.12 bits per heavy atom. The first kappa shape index (κ1) is 9.74. The van der Waals surface area contributed by atoms with Crippen LogP contribution in [0.2, 0.25) is 0 Å². The molecule has 7 heteroatoms. The Labute approximate surface area is 99.6 Å². The Kier molecular flexibility index (Phi) is 2.20. The molecule has 82 valence electrons. The van der Waals surface area contributed by atoms with Crippen LogP contribution < -0.4 is 0 Å². The number of nitriles is 1. The van der Waals surface area contributed by atoms with Crippen LogP contribution in [-0.2, 0) is 0 Å². The Hall–Kier alpha value is -2.46. The Bertz CT molecular complexity index is 676. The van der Waals surface area contributed by atoms with Crippen LogP contribution in [0.3, 0.4) is 0 Å². The fourth-order valence-corrected chi connectivity index (χ4v) is 1.88. The van der Waals surface area contributed by atoms with Gasteiger partial charge in [-0.1, -0.05) is 5.16 Å². The second-order valence-electron chi connectivity index (χ2n) is 3.21. The highest BCUT2D eigenvalue weighted by Crippen LogP contribution is 2.22. The average molecular weight is 243 g/mol. The topological polar surface area (TPSA) is 91.4 Å². The van der Waals surface area contributed by atoms with Crippen LogP contribution in [0.25, 0.3) is 23.0 Å². The summed E-state index contributed by atoms with van der Waals surface area (Å²) in [5.41, 5.74) is 3.53. The van der Waals surface area contributed by atoms with Crippen molar-refractivity contribution in [3.63, 3.8) is 0 Å². The van der Waals surface area contributed by atoms with E-state index in [1.165, 1.54) is 11.3 Å². The van der Waals surface area contributed by atoms with Gasteiger partial charge in [0.1, 0.15) is 17.5 Å². The molecule has 17 heavy (non-hydrogen) atoms. The Morgan fingerprint density at radius 1 is 1.47 bits per heavy atom. The molecular formula is C10H5N5OS. The zero-order valence-corrected chi connectivity index (χ0v) is 9.23. The van der Waals surface area contributed by atoms with E-state index in [-0.39, 0.29) is 0 Å². The van der Waals surface area contributed by atoms with Gasteiger partial charge in [0.25, 0.3) is 5.89 Å². The van der Waals surface area contributed by atoms with Gasteiger partial charge in [0.2, 0.25) is 5.82 Å². The molecule has 0 aliphatic carbocycles. The molecule has 0 aliphatic heterocycles. The molecule has 0 radical (unpaired) electrons. The fraction of sp³-hybridized carbons (Fsp3) is 0. The van der Waals surface area contributed by atoms with Crippen molar-refractivity contribution in [3.8, 4) is 29.0 Å². The number of hydrogen-bond donors (Lipinski definition) is 1. The predicted octanol–water partition coefficient (Wildman–Crippen LogP) is 2.06. The summed E-state index contributed by atoms with van der Waals surface area (Å²) < 4.78 is 5.11. The van der Waals surface area contributed by atoms with Crippen molar-refractivity contribution in [1.29, 1.82) is 5.26 Å². The molecule has 0 spiro atoms. The number of H-pyrrole nitrogens is 1. The van der Waals surface area contributed by atoms with Crippen LogP contribution in [0.4, 0.5) is 0 Å². The summed E-state index contributed by atoms with van der Waals surface area (Å²) in [5, 5.41) is 14.4. The largest absolute Gasteiger partial charge is 0.352 e. The van der Waals surface area contributed by atoms with Crippen LogP contribution in [0, 0.1) is 11.3 Å². The molecule has 0 aromatic carbocycles. The van der Waals surface area contributed by atoms with Crippen molar-refractivity contribution >= 4 is 11.3 Å². The van der Waals surface area contributed by atoms with E-state index in [2.05, 4.69) is 20.1 Å². The van der Waals surface area contributed by atoms with Gasteiger partial charge in [0, 0.05) is 11.6 Å². The lowest BCUT2D eigenvalue weighted by Crippen LogP contribution is -1.79. The van der Waals surface area contributed by atoms with Crippen LogP contribution in [0.15, 0.2) is 27.7 Å². The molecule has 1 N–H and O–H groups in total. The summed E-state index contributed by atoms with van der Waals surface area (Å²) in [6, 6.07) is 3.65. The maximum Gasteiger partial charge on any atom is 0.259 e. The lowest BCUT2D eigenvalue weighted by molar-refractivity contribution is 0.432. The molecule has 0 aliphatic rings. The quantitative estimate of drug-likeness (QED) is 0.743. The van der Waals surface area contributed by atoms with Crippen LogP contribution >= 0.6 is 11.3 Å². The van der Waals surface area contributed by atoms with E-state index < -0.39 is 0 Å². The maximum absolute atomic E-state index is 8.70. The van der Waals surface area contributed by atoms with Crippen LogP contribution in [-0.4, -0.2) is 20.1 Å². The van der Waals surface area contributed by atoms with Crippen molar-refractivity contribution in [1.82, 2.24) is 20.1 Å². The van der Waals surface area contributed by atoms with Gasteiger partial charge in [-0.25, -0.2) is 4.98 Å². The summed E-state index contributed by atoms with van der Waals surface area (Å²) >= 11 is 1.47. The fourth-order valence-electron chi connectivity index (χ4n) is 1.35. The predicted molar refractivity (Wildman–Crippen MR) is 59.9 cm³/mol. The number of hydrogen-bond acceptors (Lipinski definition) is 6. The maximum atomic E-state index is 8.70. The highest BCUT2D eigenvalue weighted by Gasteiger charge is 2.12. The molecule has 3 rings (SSSR count). The van der Waals surface area contributed by atoms with E-state index in [1.807, 2.05) is 11.4 Å². The van der Waals surface area contributed by atoms with Gasteiger partial charge in [0.15, 0.2) is 0 Å². The zero-order chi connectivity index (χ0) is 11.7. The van der Waals surface area contributed by atoms with Gasteiger partial charge in [-0.05, 0) is 6.07 Å². The molecule has 3 aromatic heterocycles. The third-order valence-electron chi connectivity index (χ3n) is 2.14. The third-order valence-corrected chi connectivity index (χ3v) is 2.72. The molecule has 0 atom stereocenters. The normalized spacial score (nSPS) is 10.3. The van der Waals surface area contributed by atoms with Gasteiger partial charge < -0.3 is 9.51 Å². The first-order valence-corrected chi connectivity index (χ1v) is 5.62. The number of nitrogens with zero attached hydrogens (tertiary/aromatic N) is 4. The number of aromatic amines is 1. The Morgan fingerprint density at radius 2 is 2.41 bits per heavy atom. The number of aromatic nitrogens is 4. The number of rotatable bonds is 2. The zero-order valence-electron chi connectivity index (χ0n) is 8.41.